The third-order valence-electron chi connectivity index (χ3n) is 2.89. The van der Waals surface area contributed by atoms with E-state index in [1.54, 1.807) is 12.1 Å². The molecule has 2 aromatic carbocycles. The predicted octanol–water partition coefficient (Wildman–Crippen LogP) is 4.98. The van der Waals surface area contributed by atoms with Crippen LogP contribution < -0.4 is 11.1 Å². The van der Waals surface area contributed by atoms with Crippen molar-refractivity contribution in [3.8, 4) is 0 Å². The van der Waals surface area contributed by atoms with Gasteiger partial charge in [0, 0.05) is 21.9 Å². The lowest BCUT2D eigenvalue weighted by atomic mass is 10.1. The Balaban J connectivity index is 1.96. The number of nitrogen functional groups attached to an aromatic ring is 1. The fourth-order valence-electron chi connectivity index (χ4n) is 2.02. The fraction of sp³-hybridized carbons (Fsp3) is 0. The summed E-state index contributed by atoms with van der Waals surface area (Å²) in [4.78, 5) is 4.19. The highest BCUT2D eigenvalue weighted by Gasteiger charge is 2.02. The summed E-state index contributed by atoms with van der Waals surface area (Å²) < 4.78 is 1.06. The van der Waals surface area contributed by atoms with Gasteiger partial charge in [0.2, 0.25) is 0 Å². The van der Waals surface area contributed by atoms with Crippen molar-refractivity contribution in [3.63, 3.8) is 0 Å². The van der Waals surface area contributed by atoms with E-state index in [2.05, 4.69) is 50.5 Å². The topological polar surface area (TPSA) is 50.9 Å². The number of anilines is 3. The van der Waals surface area contributed by atoms with Crippen molar-refractivity contribution in [2.45, 2.75) is 0 Å². The highest BCUT2D eigenvalue weighted by Crippen LogP contribution is 2.25. The second-order valence-electron chi connectivity index (χ2n) is 4.44. The van der Waals surface area contributed by atoms with Crippen LogP contribution in [0.15, 0.2) is 53.0 Å². The van der Waals surface area contributed by atoms with E-state index in [1.807, 2.05) is 12.1 Å². The van der Waals surface area contributed by atoms with Crippen molar-refractivity contribution >= 4 is 55.5 Å². The molecule has 0 radical (unpaired) electrons. The Kier molecular flexibility index (Phi) is 3.51. The van der Waals surface area contributed by atoms with Crippen LogP contribution in [0.4, 0.5) is 17.2 Å². The van der Waals surface area contributed by atoms with E-state index in [0.29, 0.717) is 16.7 Å². The van der Waals surface area contributed by atoms with Gasteiger partial charge >= 0.3 is 0 Å². The van der Waals surface area contributed by atoms with Crippen LogP contribution in [-0.2, 0) is 0 Å². The van der Waals surface area contributed by atoms with Crippen LogP contribution >= 0.6 is 27.5 Å². The van der Waals surface area contributed by atoms with Gasteiger partial charge < -0.3 is 11.1 Å². The highest BCUT2D eigenvalue weighted by molar-refractivity contribution is 9.10. The number of fused-ring (bicyclic) bond motifs is 1. The van der Waals surface area contributed by atoms with Crippen LogP contribution in [-0.4, -0.2) is 4.98 Å². The average Bonchev–Trinajstić information content (AvgIpc) is 2.38. The molecule has 20 heavy (non-hydrogen) atoms. The minimum absolute atomic E-state index is 0.372. The van der Waals surface area contributed by atoms with Crippen LogP contribution in [0.3, 0.4) is 0 Å². The minimum atomic E-state index is 0.372. The summed E-state index contributed by atoms with van der Waals surface area (Å²) in [5.74, 6) is 0.631. The standard InChI is InChI=1S/C15H11BrClN3/c16-11-3-1-10-6-13(4-2-9(10)5-11)19-15-8-12(18)7-14(17)20-15/h1-8H,(H3,18,19,20). The molecule has 100 valence electrons. The number of aromatic nitrogens is 1. The number of halogens is 2. The first-order chi connectivity index (χ1) is 9.60. The molecule has 1 aromatic heterocycles. The number of nitrogens with one attached hydrogen (secondary N) is 1. The summed E-state index contributed by atoms with van der Waals surface area (Å²) in [6.07, 6.45) is 0. The van der Waals surface area contributed by atoms with E-state index in [0.717, 1.165) is 15.5 Å². The van der Waals surface area contributed by atoms with Crippen molar-refractivity contribution in [3.05, 3.63) is 58.2 Å². The zero-order valence-electron chi connectivity index (χ0n) is 10.4. The maximum atomic E-state index is 5.89. The number of hydrogen-bond donors (Lipinski definition) is 2. The fourth-order valence-corrected chi connectivity index (χ4v) is 2.62. The molecule has 0 amide bonds. The number of pyridine rings is 1. The number of nitrogens with two attached hydrogens (primary N) is 1. The average molecular weight is 349 g/mol. The second kappa shape index (κ2) is 5.31. The van der Waals surface area contributed by atoms with Crippen molar-refractivity contribution in [1.82, 2.24) is 4.98 Å². The van der Waals surface area contributed by atoms with Gasteiger partial charge in [-0.1, -0.05) is 39.7 Å². The van der Waals surface area contributed by atoms with E-state index in [9.17, 15) is 0 Å². The van der Waals surface area contributed by atoms with Crippen molar-refractivity contribution in [1.29, 1.82) is 0 Å². The van der Waals surface area contributed by atoms with Crippen LogP contribution in [0.25, 0.3) is 10.8 Å². The molecular weight excluding hydrogens is 338 g/mol. The molecule has 0 bridgehead atoms. The van der Waals surface area contributed by atoms with Gasteiger partial charge in [-0.15, -0.1) is 0 Å². The minimum Gasteiger partial charge on any atom is -0.399 e. The SMILES string of the molecule is Nc1cc(Cl)nc(Nc2ccc3cc(Br)ccc3c2)c1. The third-order valence-corrected chi connectivity index (χ3v) is 3.58. The zero-order chi connectivity index (χ0) is 14.1. The maximum absolute atomic E-state index is 5.89. The summed E-state index contributed by atoms with van der Waals surface area (Å²) in [5, 5.41) is 5.89. The summed E-state index contributed by atoms with van der Waals surface area (Å²) in [6, 6.07) is 15.6. The first-order valence-corrected chi connectivity index (χ1v) is 7.17. The van der Waals surface area contributed by atoms with Gasteiger partial charge in [-0.3, -0.25) is 0 Å². The van der Waals surface area contributed by atoms with E-state index >= 15 is 0 Å². The smallest absolute Gasteiger partial charge is 0.134 e. The van der Waals surface area contributed by atoms with E-state index < -0.39 is 0 Å². The van der Waals surface area contributed by atoms with Crippen LogP contribution in [0.2, 0.25) is 5.15 Å². The van der Waals surface area contributed by atoms with Crippen LogP contribution in [0, 0.1) is 0 Å². The maximum Gasteiger partial charge on any atom is 0.134 e. The molecule has 0 unspecified atom stereocenters. The number of hydrogen-bond acceptors (Lipinski definition) is 3. The summed E-state index contributed by atoms with van der Waals surface area (Å²) in [7, 11) is 0. The molecular formula is C15H11BrClN3. The van der Waals surface area contributed by atoms with Crippen molar-refractivity contribution < 1.29 is 0 Å². The molecule has 0 aliphatic carbocycles. The zero-order valence-corrected chi connectivity index (χ0v) is 12.7. The van der Waals surface area contributed by atoms with E-state index in [-0.39, 0.29) is 0 Å². The Bertz CT molecular complexity index is 769. The largest absolute Gasteiger partial charge is 0.399 e. The molecule has 0 aliphatic rings. The molecule has 0 aliphatic heterocycles. The Morgan fingerprint density at radius 1 is 1.00 bits per heavy atom. The van der Waals surface area contributed by atoms with Gasteiger partial charge in [0.1, 0.15) is 11.0 Å². The normalized spacial score (nSPS) is 10.7. The summed E-state index contributed by atoms with van der Waals surface area (Å²) in [6.45, 7) is 0. The molecule has 0 fully saturated rings. The van der Waals surface area contributed by atoms with Gasteiger partial charge in [0.15, 0.2) is 0 Å². The first kappa shape index (κ1) is 13.2. The molecule has 0 saturated carbocycles. The molecule has 3 rings (SSSR count). The summed E-state index contributed by atoms with van der Waals surface area (Å²) >= 11 is 9.36. The van der Waals surface area contributed by atoms with Gasteiger partial charge in [0.05, 0.1) is 0 Å². The Morgan fingerprint density at radius 2 is 1.75 bits per heavy atom. The molecule has 3 aromatic rings. The molecule has 1 heterocycles. The van der Waals surface area contributed by atoms with Gasteiger partial charge in [0.25, 0.3) is 0 Å². The molecule has 0 saturated heterocycles. The third kappa shape index (κ3) is 2.86. The quantitative estimate of drug-likeness (QED) is 0.642. The summed E-state index contributed by atoms with van der Waals surface area (Å²) in [5.41, 5.74) is 7.27. The first-order valence-electron chi connectivity index (χ1n) is 5.99. The molecule has 0 atom stereocenters. The number of nitrogens with zero attached hydrogens (tertiary/aromatic N) is 1. The van der Waals surface area contributed by atoms with E-state index in [1.165, 1.54) is 5.39 Å². The van der Waals surface area contributed by atoms with Gasteiger partial charge in [-0.2, -0.15) is 0 Å². The second-order valence-corrected chi connectivity index (χ2v) is 5.74. The van der Waals surface area contributed by atoms with Gasteiger partial charge in [-0.25, -0.2) is 4.98 Å². The Morgan fingerprint density at radius 3 is 2.55 bits per heavy atom. The Labute approximate surface area is 129 Å². The number of benzene rings is 2. The molecule has 3 N–H and O–H groups in total. The van der Waals surface area contributed by atoms with Crippen LogP contribution in [0.5, 0.6) is 0 Å². The van der Waals surface area contributed by atoms with Gasteiger partial charge in [-0.05, 0) is 41.1 Å². The molecule has 0 spiro atoms. The van der Waals surface area contributed by atoms with Crippen molar-refractivity contribution in [2.75, 3.05) is 11.1 Å². The molecule has 5 heteroatoms. The Hall–Kier alpha value is -1.78. The lowest BCUT2D eigenvalue weighted by molar-refractivity contribution is 1.31. The van der Waals surface area contributed by atoms with Crippen molar-refractivity contribution in [2.24, 2.45) is 0 Å². The predicted molar refractivity (Wildman–Crippen MR) is 88.6 cm³/mol. The number of rotatable bonds is 2. The molecule has 3 nitrogen and oxygen atoms in total. The highest BCUT2D eigenvalue weighted by atomic mass is 79.9. The van der Waals surface area contributed by atoms with E-state index in [4.69, 9.17) is 17.3 Å². The monoisotopic (exact) mass is 347 g/mol. The lowest BCUT2D eigenvalue weighted by Gasteiger charge is -2.08. The lowest BCUT2D eigenvalue weighted by Crippen LogP contribution is -1.96. The van der Waals surface area contributed by atoms with Crippen LogP contribution in [0.1, 0.15) is 0 Å².